The zero-order valence-electron chi connectivity index (χ0n) is 10.3. The second-order valence-corrected chi connectivity index (χ2v) is 4.77. The maximum absolute atomic E-state index is 11.1. The summed E-state index contributed by atoms with van der Waals surface area (Å²) < 4.78 is 2.86. The van der Waals surface area contributed by atoms with Gasteiger partial charge in [-0.3, -0.25) is 9.48 Å². The highest BCUT2D eigenvalue weighted by molar-refractivity contribution is 9.10. The van der Waals surface area contributed by atoms with Gasteiger partial charge in [0.15, 0.2) is 0 Å². The Morgan fingerprint density at radius 1 is 1.50 bits per heavy atom. The summed E-state index contributed by atoms with van der Waals surface area (Å²) in [4.78, 5) is 11.1. The standard InChI is InChI=1S/C13H14BrN3O/c1-3-17-13(12(14)8-15-17)10-5-4-6-11(7-10)16-9(2)18/h4-8H,3H2,1-2H3,(H,16,18). The van der Waals surface area contributed by atoms with Crippen LogP contribution in [0.5, 0.6) is 0 Å². The van der Waals surface area contributed by atoms with Crippen molar-refractivity contribution in [1.82, 2.24) is 9.78 Å². The van der Waals surface area contributed by atoms with Crippen LogP contribution in [-0.2, 0) is 11.3 Å². The zero-order chi connectivity index (χ0) is 13.1. The first-order valence-corrected chi connectivity index (χ1v) is 6.50. The zero-order valence-corrected chi connectivity index (χ0v) is 11.9. The van der Waals surface area contributed by atoms with Crippen LogP contribution < -0.4 is 5.32 Å². The van der Waals surface area contributed by atoms with Crippen LogP contribution in [-0.4, -0.2) is 15.7 Å². The third kappa shape index (κ3) is 2.61. The number of nitrogens with zero attached hydrogens (tertiary/aromatic N) is 2. The van der Waals surface area contributed by atoms with Crippen LogP contribution >= 0.6 is 15.9 Å². The third-order valence-electron chi connectivity index (χ3n) is 2.55. The van der Waals surface area contributed by atoms with Gasteiger partial charge in [-0.2, -0.15) is 5.10 Å². The molecule has 1 aromatic carbocycles. The van der Waals surface area contributed by atoms with Crippen LogP contribution in [0.1, 0.15) is 13.8 Å². The number of rotatable bonds is 3. The molecule has 0 bridgehead atoms. The summed E-state index contributed by atoms with van der Waals surface area (Å²) in [6, 6.07) is 7.72. The Balaban J connectivity index is 2.44. The Bertz CT molecular complexity index is 577. The van der Waals surface area contributed by atoms with E-state index in [9.17, 15) is 4.79 Å². The summed E-state index contributed by atoms with van der Waals surface area (Å²) in [5.41, 5.74) is 2.83. The molecule has 4 nitrogen and oxygen atoms in total. The Kier molecular flexibility index (Phi) is 3.81. The van der Waals surface area contributed by atoms with Crippen LogP contribution in [0, 0.1) is 0 Å². The summed E-state index contributed by atoms with van der Waals surface area (Å²) >= 11 is 3.50. The van der Waals surface area contributed by atoms with Crippen molar-refractivity contribution in [3.63, 3.8) is 0 Å². The molecule has 1 aromatic heterocycles. The first kappa shape index (κ1) is 12.8. The van der Waals surface area contributed by atoms with Gasteiger partial charge in [0.05, 0.1) is 16.4 Å². The van der Waals surface area contributed by atoms with Gasteiger partial charge in [0.2, 0.25) is 5.91 Å². The van der Waals surface area contributed by atoms with Crippen molar-refractivity contribution in [3.05, 3.63) is 34.9 Å². The summed E-state index contributed by atoms with van der Waals surface area (Å²) in [6.07, 6.45) is 1.78. The maximum atomic E-state index is 11.1. The molecular formula is C13H14BrN3O. The van der Waals surface area contributed by atoms with E-state index in [2.05, 4.69) is 26.3 Å². The van der Waals surface area contributed by atoms with Crippen LogP contribution in [0.15, 0.2) is 34.9 Å². The first-order chi connectivity index (χ1) is 8.61. The fourth-order valence-electron chi connectivity index (χ4n) is 1.84. The van der Waals surface area contributed by atoms with E-state index in [4.69, 9.17) is 0 Å². The minimum Gasteiger partial charge on any atom is -0.326 e. The lowest BCUT2D eigenvalue weighted by Gasteiger charge is -2.08. The summed E-state index contributed by atoms with van der Waals surface area (Å²) in [7, 11) is 0. The van der Waals surface area contributed by atoms with Gasteiger partial charge in [-0.05, 0) is 35.0 Å². The van der Waals surface area contributed by atoms with Gasteiger partial charge in [0.1, 0.15) is 0 Å². The predicted octanol–water partition coefficient (Wildman–Crippen LogP) is 3.29. The molecule has 0 radical (unpaired) electrons. The first-order valence-electron chi connectivity index (χ1n) is 5.71. The number of hydrogen-bond acceptors (Lipinski definition) is 2. The van der Waals surface area contributed by atoms with Crippen LogP contribution in [0.3, 0.4) is 0 Å². The molecule has 18 heavy (non-hydrogen) atoms. The number of hydrogen-bond donors (Lipinski definition) is 1. The van der Waals surface area contributed by atoms with E-state index in [1.807, 2.05) is 35.9 Å². The minimum atomic E-state index is -0.0739. The normalized spacial score (nSPS) is 10.4. The molecule has 0 atom stereocenters. The summed E-state index contributed by atoms with van der Waals surface area (Å²) in [6.45, 7) is 4.34. The number of nitrogens with one attached hydrogen (secondary N) is 1. The highest BCUT2D eigenvalue weighted by atomic mass is 79.9. The monoisotopic (exact) mass is 307 g/mol. The molecule has 0 aliphatic heterocycles. The van der Waals surface area contributed by atoms with Crippen molar-refractivity contribution in [2.75, 3.05) is 5.32 Å². The molecule has 0 fully saturated rings. The average Bonchev–Trinajstić information content (AvgIpc) is 2.70. The van der Waals surface area contributed by atoms with Crippen LogP contribution in [0.4, 0.5) is 5.69 Å². The highest BCUT2D eigenvalue weighted by Crippen LogP contribution is 2.29. The Hall–Kier alpha value is -1.62. The molecule has 2 rings (SSSR count). The van der Waals surface area contributed by atoms with Gasteiger partial charge >= 0.3 is 0 Å². The number of carbonyl (C=O) groups is 1. The SMILES string of the molecule is CCn1ncc(Br)c1-c1cccc(NC(C)=O)c1. The van der Waals surface area contributed by atoms with E-state index in [0.717, 1.165) is 28.0 Å². The molecule has 1 N–H and O–H groups in total. The van der Waals surface area contributed by atoms with E-state index in [1.54, 1.807) is 6.20 Å². The number of benzene rings is 1. The highest BCUT2D eigenvalue weighted by Gasteiger charge is 2.10. The lowest BCUT2D eigenvalue weighted by Crippen LogP contribution is -2.06. The molecule has 0 saturated heterocycles. The van der Waals surface area contributed by atoms with Crippen molar-refractivity contribution >= 4 is 27.5 Å². The molecule has 0 spiro atoms. The van der Waals surface area contributed by atoms with E-state index in [-0.39, 0.29) is 5.91 Å². The number of aryl methyl sites for hydroxylation is 1. The minimum absolute atomic E-state index is 0.0739. The molecule has 0 saturated carbocycles. The van der Waals surface area contributed by atoms with Gasteiger partial charge < -0.3 is 5.32 Å². The van der Waals surface area contributed by atoms with Gasteiger partial charge in [0, 0.05) is 24.7 Å². The molecule has 1 amide bonds. The predicted molar refractivity (Wildman–Crippen MR) is 75.3 cm³/mol. The van der Waals surface area contributed by atoms with E-state index in [1.165, 1.54) is 6.92 Å². The number of halogens is 1. The fourth-order valence-corrected chi connectivity index (χ4v) is 2.36. The Morgan fingerprint density at radius 3 is 2.94 bits per heavy atom. The number of amides is 1. The van der Waals surface area contributed by atoms with Gasteiger partial charge in [0.25, 0.3) is 0 Å². The molecule has 94 valence electrons. The Morgan fingerprint density at radius 2 is 2.28 bits per heavy atom. The quantitative estimate of drug-likeness (QED) is 0.946. The lowest BCUT2D eigenvalue weighted by atomic mass is 10.1. The van der Waals surface area contributed by atoms with Crippen LogP contribution in [0.2, 0.25) is 0 Å². The van der Waals surface area contributed by atoms with E-state index in [0.29, 0.717) is 0 Å². The van der Waals surface area contributed by atoms with Crippen molar-refractivity contribution in [3.8, 4) is 11.3 Å². The molecule has 0 aliphatic carbocycles. The smallest absolute Gasteiger partial charge is 0.221 e. The van der Waals surface area contributed by atoms with E-state index < -0.39 is 0 Å². The van der Waals surface area contributed by atoms with Crippen molar-refractivity contribution in [1.29, 1.82) is 0 Å². The topological polar surface area (TPSA) is 46.9 Å². The van der Waals surface area contributed by atoms with Crippen molar-refractivity contribution in [2.45, 2.75) is 20.4 Å². The molecule has 1 heterocycles. The number of anilines is 1. The number of aromatic nitrogens is 2. The molecule has 5 heteroatoms. The molecule has 0 aliphatic rings. The van der Waals surface area contributed by atoms with Crippen molar-refractivity contribution in [2.24, 2.45) is 0 Å². The fraction of sp³-hybridized carbons (Fsp3) is 0.231. The third-order valence-corrected chi connectivity index (χ3v) is 3.13. The Labute approximate surface area is 114 Å². The lowest BCUT2D eigenvalue weighted by molar-refractivity contribution is -0.114. The number of carbonyl (C=O) groups excluding carboxylic acids is 1. The van der Waals surface area contributed by atoms with Gasteiger partial charge in [-0.1, -0.05) is 12.1 Å². The molecule has 2 aromatic rings. The van der Waals surface area contributed by atoms with Crippen LogP contribution in [0.25, 0.3) is 11.3 Å². The van der Waals surface area contributed by atoms with Crippen molar-refractivity contribution < 1.29 is 4.79 Å². The average molecular weight is 308 g/mol. The maximum Gasteiger partial charge on any atom is 0.221 e. The van der Waals surface area contributed by atoms with Gasteiger partial charge in [-0.15, -0.1) is 0 Å². The molecule has 0 unspecified atom stereocenters. The summed E-state index contributed by atoms with van der Waals surface area (Å²) in [5, 5.41) is 7.06. The van der Waals surface area contributed by atoms with Gasteiger partial charge in [-0.25, -0.2) is 0 Å². The van der Waals surface area contributed by atoms with E-state index >= 15 is 0 Å². The second kappa shape index (κ2) is 5.35. The molecular weight excluding hydrogens is 294 g/mol. The summed E-state index contributed by atoms with van der Waals surface area (Å²) in [5.74, 6) is -0.0739. The largest absolute Gasteiger partial charge is 0.326 e. The second-order valence-electron chi connectivity index (χ2n) is 3.92.